The highest BCUT2D eigenvalue weighted by molar-refractivity contribution is 7.80. The maximum Gasteiger partial charge on any atom is 0.253 e. The minimum atomic E-state index is -0.0931. The number of aromatic amines is 1. The zero-order chi connectivity index (χ0) is 22.2. The molecule has 1 aromatic heterocycles. The largest absolute Gasteiger partial charge is 0.494 e. The summed E-state index contributed by atoms with van der Waals surface area (Å²) in [5.74, 6) is 0.794. The van der Waals surface area contributed by atoms with Crippen LogP contribution in [0.15, 0.2) is 29.1 Å². The minimum absolute atomic E-state index is 0.0931. The van der Waals surface area contributed by atoms with E-state index in [9.17, 15) is 4.79 Å². The minimum Gasteiger partial charge on any atom is -0.494 e. The van der Waals surface area contributed by atoms with Crippen LogP contribution in [-0.2, 0) is 11.3 Å². The van der Waals surface area contributed by atoms with Crippen LogP contribution >= 0.6 is 12.2 Å². The molecule has 1 unspecified atom stereocenters. The fourth-order valence-electron chi connectivity index (χ4n) is 3.77. The van der Waals surface area contributed by atoms with Crippen molar-refractivity contribution < 1.29 is 9.47 Å². The van der Waals surface area contributed by atoms with E-state index in [-0.39, 0.29) is 11.7 Å². The Kier molecular flexibility index (Phi) is 8.69. The Balaban J connectivity index is 1.76. The summed E-state index contributed by atoms with van der Waals surface area (Å²) in [4.78, 5) is 20.0. The van der Waals surface area contributed by atoms with Crippen LogP contribution in [0.2, 0.25) is 0 Å². The third-order valence-corrected chi connectivity index (χ3v) is 5.76. The first-order chi connectivity index (χ1) is 15.0. The van der Waals surface area contributed by atoms with Crippen LogP contribution in [0.3, 0.4) is 0 Å². The van der Waals surface area contributed by atoms with Crippen molar-refractivity contribution in [3.8, 4) is 5.75 Å². The van der Waals surface area contributed by atoms with E-state index in [1.165, 1.54) is 0 Å². The number of nitrogens with one attached hydrogen (secondary N) is 2. The number of hydrogen-bond acceptors (Lipinski definition) is 5. The summed E-state index contributed by atoms with van der Waals surface area (Å²) in [5.41, 5.74) is 1.38. The molecule has 0 spiro atoms. The Labute approximate surface area is 189 Å². The lowest BCUT2D eigenvalue weighted by Crippen LogP contribution is -2.44. The lowest BCUT2D eigenvalue weighted by molar-refractivity contribution is 0.0897. The predicted octanol–water partition coefficient (Wildman–Crippen LogP) is 2.73. The Morgan fingerprint density at radius 2 is 2.19 bits per heavy atom. The zero-order valence-corrected chi connectivity index (χ0v) is 19.6. The number of rotatable bonds is 10. The summed E-state index contributed by atoms with van der Waals surface area (Å²) >= 11 is 5.70. The molecular weight excluding hydrogens is 412 g/mol. The van der Waals surface area contributed by atoms with E-state index in [0.717, 1.165) is 55.6 Å². The molecule has 31 heavy (non-hydrogen) atoms. The van der Waals surface area contributed by atoms with Gasteiger partial charge in [0, 0.05) is 36.2 Å². The molecule has 0 amide bonds. The average Bonchev–Trinajstić information content (AvgIpc) is 3.24. The standard InChI is InChI=1S/C23H34N4O3S/c1-4-29-19-8-9-21-17(14-19)13-18(22(28)25-21)15-27(16-20-7-5-12-30-20)23(31)24-10-6-11-26(2)3/h8-9,13-14,20H,4-7,10-12,15-16H2,1-3H3,(H,24,31)(H,25,28). The van der Waals surface area contributed by atoms with Crippen LogP contribution in [0.4, 0.5) is 0 Å². The van der Waals surface area contributed by atoms with Crippen molar-refractivity contribution in [3.05, 3.63) is 40.2 Å². The molecule has 1 atom stereocenters. The Morgan fingerprint density at radius 1 is 1.35 bits per heavy atom. The Morgan fingerprint density at radius 3 is 2.90 bits per heavy atom. The van der Waals surface area contributed by atoms with E-state index in [4.69, 9.17) is 21.7 Å². The van der Waals surface area contributed by atoms with Gasteiger partial charge in [0.25, 0.3) is 5.56 Å². The normalized spacial score (nSPS) is 16.1. The van der Waals surface area contributed by atoms with Crippen molar-refractivity contribution in [1.82, 2.24) is 20.1 Å². The fourth-order valence-corrected chi connectivity index (χ4v) is 4.01. The number of H-pyrrole nitrogens is 1. The average molecular weight is 447 g/mol. The number of thiocarbonyl (C=S) groups is 1. The molecule has 0 bridgehead atoms. The maximum atomic E-state index is 12.8. The number of ether oxygens (including phenoxy) is 2. The number of nitrogens with zero attached hydrogens (tertiary/aromatic N) is 2. The zero-order valence-electron chi connectivity index (χ0n) is 18.8. The molecule has 2 aromatic rings. The molecule has 1 aromatic carbocycles. The molecule has 2 heterocycles. The first-order valence-electron chi connectivity index (χ1n) is 11.0. The van der Waals surface area contributed by atoms with Crippen molar-refractivity contribution in [2.45, 2.75) is 38.8 Å². The van der Waals surface area contributed by atoms with Gasteiger partial charge in [-0.15, -0.1) is 0 Å². The number of pyridine rings is 1. The van der Waals surface area contributed by atoms with Gasteiger partial charge in [-0.05, 0) is 83.3 Å². The molecule has 1 fully saturated rings. The number of hydrogen-bond donors (Lipinski definition) is 2. The van der Waals surface area contributed by atoms with Gasteiger partial charge in [-0.1, -0.05) is 0 Å². The molecule has 8 heteroatoms. The van der Waals surface area contributed by atoms with Crippen molar-refractivity contribution in [2.24, 2.45) is 0 Å². The van der Waals surface area contributed by atoms with Gasteiger partial charge < -0.3 is 29.6 Å². The third kappa shape index (κ3) is 6.92. The molecule has 1 saturated heterocycles. The van der Waals surface area contributed by atoms with E-state index in [1.807, 2.05) is 31.2 Å². The summed E-state index contributed by atoms with van der Waals surface area (Å²) in [6, 6.07) is 7.65. The van der Waals surface area contributed by atoms with Crippen molar-refractivity contribution in [3.63, 3.8) is 0 Å². The number of benzene rings is 1. The van der Waals surface area contributed by atoms with Gasteiger partial charge >= 0.3 is 0 Å². The Hall–Kier alpha value is -2.16. The van der Waals surface area contributed by atoms with Gasteiger partial charge in [-0.25, -0.2) is 0 Å². The first-order valence-corrected chi connectivity index (χ1v) is 11.4. The van der Waals surface area contributed by atoms with Crippen LogP contribution in [-0.4, -0.2) is 72.9 Å². The molecule has 0 radical (unpaired) electrons. The van der Waals surface area contributed by atoms with Gasteiger partial charge in [-0.2, -0.15) is 0 Å². The molecule has 7 nitrogen and oxygen atoms in total. The number of fused-ring (bicyclic) bond motifs is 1. The second-order valence-electron chi connectivity index (χ2n) is 8.21. The molecular formula is C23H34N4O3S. The van der Waals surface area contributed by atoms with Crippen LogP contribution < -0.4 is 15.6 Å². The quantitative estimate of drug-likeness (QED) is 0.430. The van der Waals surface area contributed by atoms with Gasteiger partial charge in [0.1, 0.15) is 5.75 Å². The summed E-state index contributed by atoms with van der Waals surface area (Å²) in [6.07, 6.45) is 3.23. The molecule has 1 aliphatic heterocycles. The highest BCUT2D eigenvalue weighted by Crippen LogP contribution is 2.20. The summed E-state index contributed by atoms with van der Waals surface area (Å²) < 4.78 is 11.4. The fraction of sp³-hybridized carbons (Fsp3) is 0.565. The van der Waals surface area contributed by atoms with Crippen LogP contribution in [0.5, 0.6) is 5.75 Å². The van der Waals surface area contributed by atoms with E-state index < -0.39 is 0 Å². The molecule has 1 aliphatic rings. The van der Waals surface area contributed by atoms with Gasteiger partial charge in [0.2, 0.25) is 0 Å². The number of aromatic nitrogens is 1. The maximum absolute atomic E-state index is 12.8. The molecule has 170 valence electrons. The summed E-state index contributed by atoms with van der Waals surface area (Å²) in [7, 11) is 4.12. The van der Waals surface area contributed by atoms with Crippen molar-refractivity contribution >= 4 is 28.2 Å². The third-order valence-electron chi connectivity index (χ3n) is 5.36. The van der Waals surface area contributed by atoms with Gasteiger partial charge in [0.15, 0.2) is 5.11 Å². The van der Waals surface area contributed by atoms with Crippen molar-refractivity contribution in [1.29, 1.82) is 0 Å². The lowest BCUT2D eigenvalue weighted by Gasteiger charge is -2.28. The van der Waals surface area contributed by atoms with Crippen LogP contribution in [0.1, 0.15) is 31.7 Å². The second-order valence-corrected chi connectivity index (χ2v) is 8.60. The van der Waals surface area contributed by atoms with E-state index in [2.05, 4.69) is 34.2 Å². The van der Waals surface area contributed by atoms with E-state index in [1.54, 1.807) is 0 Å². The molecule has 3 rings (SSSR count). The van der Waals surface area contributed by atoms with Crippen LogP contribution in [0.25, 0.3) is 10.9 Å². The highest BCUT2D eigenvalue weighted by Gasteiger charge is 2.22. The highest BCUT2D eigenvalue weighted by atomic mass is 32.1. The van der Waals surface area contributed by atoms with Crippen LogP contribution in [0, 0.1) is 0 Å². The van der Waals surface area contributed by atoms with Crippen molar-refractivity contribution in [2.75, 3.05) is 46.9 Å². The monoisotopic (exact) mass is 446 g/mol. The predicted molar refractivity (Wildman–Crippen MR) is 129 cm³/mol. The first kappa shape index (κ1) is 23.5. The molecule has 0 saturated carbocycles. The van der Waals surface area contributed by atoms with Gasteiger partial charge in [-0.3, -0.25) is 4.79 Å². The SMILES string of the molecule is CCOc1ccc2[nH]c(=O)c(CN(CC3CCCO3)C(=S)NCCCN(C)C)cc2c1. The second kappa shape index (κ2) is 11.5. The summed E-state index contributed by atoms with van der Waals surface area (Å²) in [6.45, 7) is 6.25. The van der Waals surface area contributed by atoms with E-state index in [0.29, 0.717) is 30.4 Å². The van der Waals surface area contributed by atoms with Gasteiger partial charge in [0.05, 0.1) is 19.3 Å². The molecule has 2 N–H and O–H groups in total. The lowest BCUT2D eigenvalue weighted by atomic mass is 10.1. The topological polar surface area (TPSA) is 69.8 Å². The van der Waals surface area contributed by atoms with E-state index >= 15 is 0 Å². The molecule has 0 aliphatic carbocycles. The Bertz CT molecular complexity index is 925. The summed E-state index contributed by atoms with van der Waals surface area (Å²) in [5, 5.41) is 4.97. The smallest absolute Gasteiger partial charge is 0.253 e.